The van der Waals surface area contributed by atoms with Crippen molar-refractivity contribution in [2.45, 2.75) is 183 Å². The van der Waals surface area contributed by atoms with Crippen molar-refractivity contribution in [1.29, 1.82) is 0 Å². The van der Waals surface area contributed by atoms with Crippen molar-refractivity contribution in [2.75, 3.05) is 44.7 Å². The number of amides is 13. The number of carbonyl (C=O) groups is 13. The summed E-state index contributed by atoms with van der Waals surface area (Å²) in [6, 6.07) is 4.51. The van der Waals surface area contributed by atoms with Gasteiger partial charge >= 0.3 is 0 Å². The Morgan fingerprint density at radius 2 is 1.01 bits per heavy atom. The number of guanidine groups is 1. The van der Waals surface area contributed by atoms with E-state index in [4.69, 9.17) is 40.1 Å². The number of rotatable bonds is 42. The first kappa shape index (κ1) is 78.5. The molecule has 4 rings (SSSR count). The maximum Gasteiger partial charge on any atom is 0.245 e. The van der Waals surface area contributed by atoms with Crippen molar-refractivity contribution >= 4 is 94.5 Å². The standard InChI is InChI=1S/C63H98N18O13S/c1-37(2)33-45(57(89)74-41(53(68)85)27-32-95-3)73-52(84)36-72-54(86)46(34-38-15-6-4-7-16-38)78-58(90)47(35-39-17-8-5-9-18-39)79-56(88)42(23-25-50(66)82)75-55(87)43(24-26-51(67)83)76-59(91)49-22-14-31-81(49)62(94)44(20-10-11-28-64)77-60(92)48-21-13-30-80(48)61(93)40(65)19-12-29-71-63(69)70/h4-9,15-18,37,40-49H,10-14,19-36,64-65H2,1-3H3,(H2,66,82)(H2,67,83)(H2,68,85)(H,72,86)(H,73,84)(H,74,89)(H,75,87)(H,76,91)(H,77,92)(H,78,90)(H,79,88)(H4,69,70,71)/t40-,41+,42-,43+,44-,45-,46-,47+,48-,49-/m1/s1. The van der Waals surface area contributed by atoms with Crippen LogP contribution in [0.3, 0.4) is 0 Å². The molecule has 2 saturated heterocycles. The Bertz CT molecular complexity index is 2960. The molecule has 524 valence electrons. The molecule has 13 amide bonds. The summed E-state index contributed by atoms with van der Waals surface area (Å²) in [7, 11) is 0. The van der Waals surface area contributed by atoms with Crippen LogP contribution in [-0.4, -0.2) is 198 Å². The molecule has 32 heteroatoms. The van der Waals surface area contributed by atoms with Crippen LogP contribution < -0.4 is 82.7 Å². The molecule has 2 aliphatic rings. The highest BCUT2D eigenvalue weighted by atomic mass is 32.2. The smallest absolute Gasteiger partial charge is 0.245 e. The molecule has 2 aromatic rings. The first-order valence-electron chi connectivity index (χ1n) is 32.2. The van der Waals surface area contributed by atoms with Crippen LogP contribution in [0.15, 0.2) is 65.7 Å². The molecule has 31 nitrogen and oxygen atoms in total. The van der Waals surface area contributed by atoms with Crippen LogP contribution in [0.2, 0.25) is 0 Å². The Labute approximate surface area is 558 Å². The van der Waals surface area contributed by atoms with Gasteiger partial charge in [-0.05, 0) is 119 Å². The summed E-state index contributed by atoms with van der Waals surface area (Å²) in [5.74, 6) is -9.80. The van der Waals surface area contributed by atoms with Crippen LogP contribution in [0, 0.1) is 5.92 Å². The Morgan fingerprint density at radius 3 is 1.51 bits per heavy atom. The molecule has 0 bridgehead atoms. The van der Waals surface area contributed by atoms with E-state index < -0.39 is 169 Å². The van der Waals surface area contributed by atoms with Crippen LogP contribution in [0.1, 0.15) is 121 Å². The van der Waals surface area contributed by atoms with Gasteiger partial charge in [-0.25, -0.2) is 0 Å². The number of nitrogens with zero attached hydrogens (tertiary/aromatic N) is 3. The fourth-order valence-electron chi connectivity index (χ4n) is 11.0. The van der Waals surface area contributed by atoms with E-state index in [2.05, 4.69) is 47.5 Å². The van der Waals surface area contributed by atoms with E-state index in [-0.39, 0.29) is 83.0 Å². The molecule has 0 spiro atoms. The molecule has 10 atom stereocenters. The first-order valence-corrected chi connectivity index (χ1v) is 33.6. The lowest BCUT2D eigenvalue weighted by atomic mass is 10.0. The second-order valence-corrected chi connectivity index (χ2v) is 25.1. The number of primary amides is 3. The minimum absolute atomic E-state index is 0.0736. The second-order valence-electron chi connectivity index (χ2n) is 24.1. The van der Waals surface area contributed by atoms with E-state index in [9.17, 15) is 62.3 Å². The zero-order chi connectivity index (χ0) is 70.1. The van der Waals surface area contributed by atoms with Crippen molar-refractivity contribution < 1.29 is 62.3 Å². The minimum atomic E-state index is -1.64. The molecular weight excluding hydrogens is 1250 g/mol. The van der Waals surface area contributed by atoms with Gasteiger partial charge in [0, 0.05) is 45.3 Å². The van der Waals surface area contributed by atoms with Gasteiger partial charge in [0.1, 0.15) is 54.4 Å². The Hall–Kier alpha value is -8.91. The number of aliphatic imine (C=N–C) groups is 1. The highest BCUT2D eigenvalue weighted by Gasteiger charge is 2.42. The van der Waals surface area contributed by atoms with Crippen molar-refractivity contribution in [3.63, 3.8) is 0 Å². The number of nitrogens with one attached hydrogen (secondary N) is 8. The summed E-state index contributed by atoms with van der Waals surface area (Å²) in [4.78, 5) is 185. The molecule has 2 aromatic carbocycles. The molecule has 2 heterocycles. The topological polar surface area (TPSA) is 519 Å². The van der Waals surface area contributed by atoms with Crippen LogP contribution in [0.25, 0.3) is 0 Å². The van der Waals surface area contributed by atoms with E-state index in [1.54, 1.807) is 60.7 Å². The van der Waals surface area contributed by atoms with Gasteiger partial charge in [0.25, 0.3) is 0 Å². The number of hydrogen-bond donors (Lipinski definition) is 15. The predicted octanol–water partition coefficient (Wildman–Crippen LogP) is -3.71. The predicted molar refractivity (Wildman–Crippen MR) is 356 cm³/mol. The molecule has 0 aromatic heterocycles. The van der Waals surface area contributed by atoms with Crippen molar-refractivity contribution in [2.24, 2.45) is 51.0 Å². The largest absolute Gasteiger partial charge is 0.370 e. The van der Waals surface area contributed by atoms with Gasteiger partial charge in [-0.3, -0.25) is 67.3 Å². The normalized spacial score (nSPS) is 16.8. The second kappa shape index (κ2) is 41.0. The zero-order valence-electron chi connectivity index (χ0n) is 54.5. The fourth-order valence-corrected chi connectivity index (χ4v) is 11.5. The third-order valence-electron chi connectivity index (χ3n) is 16.0. The Kier molecular flexibility index (Phi) is 33.9. The van der Waals surface area contributed by atoms with Crippen molar-refractivity contribution in [3.05, 3.63) is 71.8 Å². The molecule has 0 unspecified atom stereocenters. The molecule has 95 heavy (non-hydrogen) atoms. The molecule has 2 aliphatic heterocycles. The quantitative estimate of drug-likeness (QED) is 0.0173. The minimum Gasteiger partial charge on any atom is -0.370 e. The molecule has 2 fully saturated rings. The number of benzene rings is 2. The highest BCUT2D eigenvalue weighted by Crippen LogP contribution is 2.24. The third kappa shape index (κ3) is 27.5. The van der Waals surface area contributed by atoms with Gasteiger partial charge in [-0.15, -0.1) is 0 Å². The van der Waals surface area contributed by atoms with E-state index in [1.807, 2.05) is 20.1 Å². The van der Waals surface area contributed by atoms with E-state index in [0.717, 1.165) is 0 Å². The summed E-state index contributed by atoms with van der Waals surface area (Å²) >= 11 is 1.45. The van der Waals surface area contributed by atoms with Crippen LogP contribution in [-0.2, 0) is 75.2 Å². The van der Waals surface area contributed by atoms with E-state index in [0.29, 0.717) is 55.4 Å². The SMILES string of the molecule is CSCC[C@H](NC(=O)[C@@H](CC(C)C)NC(=O)CNC(=O)[C@@H](Cc1ccccc1)NC(=O)[C@H](Cc1ccccc1)NC(=O)[C@@H](CCC(N)=O)NC(=O)[C@H](CCC(N)=O)NC(=O)[C@H]1CCCN1C(=O)[C@@H](CCCCN)NC(=O)[C@H]1CCCN1C(=O)[C@H](N)CCCN=C(N)N)C(N)=O. The number of hydrogen-bond acceptors (Lipinski definition) is 17. The monoisotopic (exact) mass is 1350 g/mol. The van der Waals surface area contributed by atoms with Crippen LogP contribution in [0.4, 0.5) is 0 Å². The average Bonchev–Trinajstić information content (AvgIpc) is 1.74. The first-order chi connectivity index (χ1) is 45.2. The lowest BCUT2D eigenvalue weighted by Crippen LogP contribution is -2.60. The molecule has 22 N–H and O–H groups in total. The van der Waals surface area contributed by atoms with E-state index in [1.165, 1.54) is 21.6 Å². The molecule has 0 saturated carbocycles. The highest BCUT2D eigenvalue weighted by molar-refractivity contribution is 7.98. The summed E-state index contributed by atoms with van der Waals surface area (Å²) in [6.07, 6.45) is 3.12. The number of nitrogens with two attached hydrogens (primary N) is 7. The molecule has 0 radical (unpaired) electrons. The van der Waals surface area contributed by atoms with Crippen LogP contribution >= 0.6 is 11.8 Å². The number of likely N-dealkylation sites (tertiary alicyclic amines) is 2. The summed E-state index contributed by atoms with van der Waals surface area (Å²) in [5, 5.41) is 21.1. The third-order valence-corrected chi connectivity index (χ3v) is 16.7. The Balaban J connectivity index is 1.56. The van der Waals surface area contributed by atoms with Gasteiger partial charge in [-0.1, -0.05) is 74.5 Å². The van der Waals surface area contributed by atoms with Gasteiger partial charge in [0.2, 0.25) is 76.8 Å². The van der Waals surface area contributed by atoms with Gasteiger partial charge < -0.3 is 92.5 Å². The maximum absolute atomic E-state index is 14.7. The number of carbonyl (C=O) groups excluding carboxylic acids is 13. The molecule has 0 aliphatic carbocycles. The fraction of sp³-hybridized carbons (Fsp3) is 0.587. The van der Waals surface area contributed by atoms with Gasteiger partial charge in [-0.2, -0.15) is 11.8 Å². The summed E-state index contributed by atoms with van der Waals surface area (Å²) in [6.45, 7) is 3.86. The summed E-state index contributed by atoms with van der Waals surface area (Å²) < 4.78 is 0. The summed E-state index contributed by atoms with van der Waals surface area (Å²) in [5.41, 5.74) is 40.6. The molecular formula is C63H98N18O13S. The number of thioether (sulfide) groups is 1. The van der Waals surface area contributed by atoms with Gasteiger partial charge in [0.05, 0.1) is 12.6 Å². The number of unbranched alkanes of at least 4 members (excludes halogenated alkanes) is 1. The lowest BCUT2D eigenvalue weighted by molar-refractivity contribution is -0.144. The maximum atomic E-state index is 14.7. The van der Waals surface area contributed by atoms with Gasteiger partial charge in [0.15, 0.2) is 5.96 Å². The van der Waals surface area contributed by atoms with E-state index >= 15 is 0 Å². The zero-order valence-corrected chi connectivity index (χ0v) is 55.3. The van der Waals surface area contributed by atoms with Crippen molar-refractivity contribution in [1.82, 2.24) is 52.3 Å². The van der Waals surface area contributed by atoms with Crippen molar-refractivity contribution in [3.8, 4) is 0 Å². The van der Waals surface area contributed by atoms with Crippen LogP contribution in [0.5, 0.6) is 0 Å². The average molecular weight is 1350 g/mol. The lowest BCUT2D eigenvalue weighted by Gasteiger charge is -2.32. The Morgan fingerprint density at radius 1 is 0.537 bits per heavy atom.